The fourth-order valence-corrected chi connectivity index (χ4v) is 2.15. The van der Waals surface area contributed by atoms with Gasteiger partial charge in [-0.15, -0.1) is 0 Å². The van der Waals surface area contributed by atoms with Gasteiger partial charge in [0.25, 0.3) is 0 Å². The van der Waals surface area contributed by atoms with E-state index in [0.29, 0.717) is 12.6 Å². The van der Waals surface area contributed by atoms with E-state index in [4.69, 9.17) is 10.00 Å². The second-order valence-electron chi connectivity index (χ2n) is 5.41. The van der Waals surface area contributed by atoms with E-state index in [1.807, 2.05) is 0 Å². The molecule has 102 valence electrons. The van der Waals surface area contributed by atoms with Gasteiger partial charge in [0.05, 0.1) is 18.7 Å². The molecule has 19 heavy (non-hydrogen) atoms. The largest absolute Gasteiger partial charge is 0.493 e. The molecule has 1 fully saturated rings. The predicted molar refractivity (Wildman–Crippen MR) is 76.3 cm³/mol. The minimum atomic E-state index is -0.0853. The summed E-state index contributed by atoms with van der Waals surface area (Å²) in [5.74, 6) is 0.975. The first-order valence-corrected chi connectivity index (χ1v) is 6.97. The van der Waals surface area contributed by atoms with Gasteiger partial charge < -0.3 is 4.74 Å². The van der Waals surface area contributed by atoms with Crippen molar-refractivity contribution in [2.24, 2.45) is 0 Å². The van der Waals surface area contributed by atoms with Crippen molar-refractivity contribution in [2.75, 3.05) is 6.61 Å². The van der Waals surface area contributed by atoms with Gasteiger partial charge in [0.1, 0.15) is 5.75 Å². The summed E-state index contributed by atoms with van der Waals surface area (Å²) >= 11 is 0. The van der Waals surface area contributed by atoms with Crippen LogP contribution in [0.5, 0.6) is 5.75 Å². The summed E-state index contributed by atoms with van der Waals surface area (Å²) in [5, 5.41) is 12.4. The molecule has 1 aromatic rings. The molecule has 3 heteroatoms. The molecule has 0 bridgehead atoms. The van der Waals surface area contributed by atoms with Crippen LogP contribution in [0, 0.1) is 32.1 Å². The van der Waals surface area contributed by atoms with Crippen LogP contribution in [-0.2, 0) is 0 Å². The van der Waals surface area contributed by atoms with Crippen LogP contribution < -0.4 is 10.1 Å². The summed E-state index contributed by atoms with van der Waals surface area (Å²) in [6, 6.07) is 6.99. The zero-order valence-electron chi connectivity index (χ0n) is 12.0. The number of ether oxygens (including phenoxy) is 1. The molecule has 1 aliphatic rings. The zero-order chi connectivity index (χ0) is 13.8. The molecule has 0 heterocycles. The van der Waals surface area contributed by atoms with E-state index in [9.17, 15) is 0 Å². The first-order chi connectivity index (χ1) is 9.11. The van der Waals surface area contributed by atoms with Gasteiger partial charge in [-0.25, -0.2) is 0 Å². The van der Waals surface area contributed by atoms with Crippen molar-refractivity contribution in [2.45, 2.75) is 52.1 Å². The molecular formula is C16H22N2O. The fraction of sp³-hybridized carbons (Fsp3) is 0.562. The Balaban J connectivity index is 1.88. The Morgan fingerprint density at radius 2 is 2.00 bits per heavy atom. The summed E-state index contributed by atoms with van der Waals surface area (Å²) < 4.78 is 5.89. The number of nitrogens with zero attached hydrogens (tertiary/aromatic N) is 1. The average Bonchev–Trinajstić information content (AvgIpc) is 3.20. The Morgan fingerprint density at radius 3 is 2.63 bits per heavy atom. The number of nitriles is 1. The molecular weight excluding hydrogens is 236 g/mol. The smallest absolute Gasteiger partial charge is 0.125 e. The van der Waals surface area contributed by atoms with E-state index in [0.717, 1.165) is 17.7 Å². The number of nitrogens with one attached hydrogen (secondary N) is 1. The van der Waals surface area contributed by atoms with Gasteiger partial charge in [-0.1, -0.05) is 12.1 Å². The maximum absolute atomic E-state index is 9.09. The molecule has 1 aromatic carbocycles. The summed E-state index contributed by atoms with van der Waals surface area (Å²) in [7, 11) is 0. The Kier molecular flexibility index (Phi) is 4.44. The van der Waals surface area contributed by atoms with Crippen molar-refractivity contribution in [1.29, 1.82) is 5.26 Å². The third-order valence-electron chi connectivity index (χ3n) is 3.70. The SMILES string of the molecule is Cc1ccc(C)c(OCCC(C#N)NC2CC2)c1C. The van der Waals surface area contributed by atoms with E-state index in [2.05, 4.69) is 44.3 Å². The van der Waals surface area contributed by atoms with Gasteiger partial charge >= 0.3 is 0 Å². The van der Waals surface area contributed by atoms with Crippen molar-refractivity contribution < 1.29 is 4.74 Å². The molecule has 1 aliphatic carbocycles. The van der Waals surface area contributed by atoms with E-state index in [1.54, 1.807) is 0 Å². The second kappa shape index (κ2) is 6.08. The topological polar surface area (TPSA) is 45.0 Å². The Labute approximate surface area is 115 Å². The summed E-state index contributed by atoms with van der Waals surface area (Å²) in [5.41, 5.74) is 3.60. The van der Waals surface area contributed by atoms with Gasteiger partial charge in [-0.2, -0.15) is 5.26 Å². The molecule has 1 saturated carbocycles. The highest BCUT2D eigenvalue weighted by Crippen LogP contribution is 2.26. The minimum Gasteiger partial charge on any atom is -0.493 e. The molecule has 0 amide bonds. The third-order valence-corrected chi connectivity index (χ3v) is 3.70. The lowest BCUT2D eigenvalue weighted by atomic mass is 10.1. The Bertz CT molecular complexity index is 486. The lowest BCUT2D eigenvalue weighted by Gasteiger charge is -2.15. The van der Waals surface area contributed by atoms with Gasteiger partial charge in [0.15, 0.2) is 0 Å². The van der Waals surface area contributed by atoms with Gasteiger partial charge in [-0.05, 0) is 50.3 Å². The lowest BCUT2D eigenvalue weighted by molar-refractivity contribution is 0.293. The van der Waals surface area contributed by atoms with Crippen molar-refractivity contribution in [3.8, 4) is 11.8 Å². The van der Waals surface area contributed by atoms with Crippen molar-refractivity contribution in [3.05, 3.63) is 28.8 Å². The molecule has 0 aromatic heterocycles. The van der Waals surface area contributed by atoms with Crippen LogP contribution in [0.1, 0.15) is 36.0 Å². The zero-order valence-corrected chi connectivity index (χ0v) is 12.0. The van der Waals surface area contributed by atoms with E-state index < -0.39 is 0 Å². The quantitative estimate of drug-likeness (QED) is 0.853. The van der Waals surface area contributed by atoms with Crippen LogP contribution in [0.25, 0.3) is 0 Å². The van der Waals surface area contributed by atoms with Crippen LogP contribution in [0.15, 0.2) is 12.1 Å². The van der Waals surface area contributed by atoms with Gasteiger partial charge in [-0.3, -0.25) is 5.32 Å². The third kappa shape index (κ3) is 3.71. The molecule has 0 aliphatic heterocycles. The second-order valence-corrected chi connectivity index (χ2v) is 5.41. The molecule has 0 saturated heterocycles. The summed E-state index contributed by atoms with van der Waals surface area (Å²) in [4.78, 5) is 0. The molecule has 1 unspecified atom stereocenters. The first-order valence-electron chi connectivity index (χ1n) is 6.97. The van der Waals surface area contributed by atoms with Crippen molar-refractivity contribution in [3.63, 3.8) is 0 Å². The highest BCUT2D eigenvalue weighted by molar-refractivity contribution is 5.44. The van der Waals surface area contributed by atoms with Crippen LogP contribution in [0.3, 0.4) is 0 Å². The minimum absolute atomic E-state index is 0.0853. The number of rotatable bonds is 6. The monoisotopic (exact) mass is 258 g/mol. The van der Waals surface area contributed by atoms with Crippen LogP contribution in [0.2, 0.25) is 0 Å². The molecule has 3 nitrogen and oxygen atoms in total. The fourth-order valence-electron chi connectivity index (χ4n) is 2.15. The Hall–Kier alpha value is -1.53. The van der Waals surface area contributed by atoms with Crippen molar-refractivity contribution in [1.82, 2.24) is 5.32 Å². The van der Waals surface area contributed by atoms with E-state index in [1.165, 1.54) is 24.0 Å². The summed E-state index contributed by atoms with van der Waals surface area (Å²) in [6.07, 6.45) is 3.14. The number of hydrogen-bond acceptors (Lipinski definition) is 3. The molecule has 0 radical (unpaired) electrons. The molecule has 0 spiro atoms. The number of benzene rings is 1. The van der Waals surface area contributed by atoms with E-state index in [-0.39, 0.29) is 6.04 Å². The predicted octanol–water partition coefficient (Wildman–Crippen LogP) is 3.02. The highest BCUT2D eigenvalue weighted by Gasteiger charge is 2.24. The standard InChI is InChI=1S/C16H22N2O/c1-11-4-5-12(2)16(13(11)3)19-9-8-15(10-17)18-14-6-7-14/h4-5,14-15,18H,6-9H2,1-3H3. The number of aryl methyl sites for hydroxylation is 2. The normalized spacial score (nSPS) is 15.9. The molecule has 2 rings (SSSR count). The maximum atomic E-state index is 9.09. The maximum Gasteiger partial charge on any atom is 0.125 e. The number of hydrogen-bond donors (Lipinski definition) is 1. The lowest BCUT2D eigenvalue weighted by Crippen LogP contribution is -2.31. The average molecular weight is 258 g/mol. The molecule has 1 atom stereocenters. The first kappa shape index (κ1) is 13.9. The molecule has 1 N–H and O–H groups in total. The summed E-state index contributed by atoms with van der Waals surface area (Å²) in [6.45, 7) is 6.82. The van der Waals surface area contributed by atoms with Crippen LogP contribution in [0.4, 0.5) is 0 Å². The van der Waals surface area contributed by atoms with Gasteiger partial charge in [0, 0.05) is 12.5 Å². The van der Waals surface area contributed by atoms with Crippen LogP contribution in [-0.4, -0.2) is 18.7 Å². The van der Waals surface area contributed by atoms with E-state index >= 15 is 0 Å². The van der Waals surface area contributed by atoms with Gasteiger partial charge in [0.2, 0.25) is 0 Å². The van der Waals surface area contributed by atoms with Crippen LogP contribution >= 0.6 is 0 Å². The van der Waals surface area contributed by atoms with Crippen molar-refractivity contribution >= 4 is 0 Å². The highest BCUT2D eigenvalue weighted by atomic mass is 16.5. The Morgan fingerprint density at radius 1 is 1.32 bits per heavy atom.